The summed E-state index contributed by atoms with van der Waals surface area (Å²) in [7, 11) is 3.47. The predicted molar refractivity (Wildman–Crippen MR) is 132 cm³/mol. The van der Waals surface area contributed by atoms with E-state index in [9.17, 15) is 9.59 Å². The molecule has 3 aromatic rings. The summed E-state index contributed by atoms with van der Waals surface area (Å²) in [5, 5.41) is 13.7. The lowest BCUT2D eigenvalue weighted by Gasteiger charge is -2.24. The molecule has 1 amide bonds. The number of hydrogen-bond donors (Lipinski definition) is 3. The third kappa shape index (κ3) is 4.73. The Morgan fingerprint density at radius 1 is 1.23 bits per heavy atom. The zero-order valence-corrected chi connectivity index (χ0v) is 20.0. The maximum atomic E-state index is 13.2. The van der Waals surface area contributed by atoms with Crippen LogP contribution in [0.15, 0.2) is 35.4 Å². The molecular formula is C24H31N7O4. The molecule has 1 saturated carbocycles. The maximum absolute atomic E-state index is 13.2. The van der Waals surface area contributed by atoms with Crippen molar-refractivity contribution >= 4 is 28.9 Å². The van der Waals surface area contributed by atoms with Gasteiger partial charge in [-0.1, -0.05) is 0 Å². The smallest absolute Gasteiger partial charge is 0.274 e. The van der Waals surface area contributed by atoms with Crippen molar-refractivity contribution in [3.8, 4) is 0 Å². The number of rotatable bonds is 7. The Labute approximate surface area is 202 Å². The average Bonchev–Trinajstić information content (AvgIpc) is 3.52. The summed E-state index contributed by atoms with van der Waals surface area (Å²) in [4.78, 5) is 30.9. The molecule has 0 unspecified atom stereocenters. The van der Waals surface area contributed by atoms with E-state index in [1.165, 1.54) is 6.20 Å². The molecule has 5 rings (SSSR count). The largest absolute Gasteiger partial charge is 0.381 e. The lowest BCUT2D eigenvalue weighted by Crippen LogP contribution is -2.33. The van der Waals surface area contributed by atoms with Gasteiger partial charge in [-0.05, 0) is 44.2 Å². The normalized spacial score (nSPS) is 20.7. The van der Waals surface area contributed by atoms with Crippen molar-refractivity contribution < 1.29 is 14.3 Å². The fraction of sp³-hybridized carbons (Fsp3) is 0.500. The van der Waals surface area contributed by atoms with Gasteiger partial charge in [0.05, 0.1) is 12.3 Å². The van der Waals surface area contributed by atoms with Crippen LogP contribution in [0.25, 0.3) is 5.65 Å². The molecule has 2 atom stereocenters. The number of hydrogen-bond acceptors (Lipinski definition) is 8. The molecule has 186 valence electrons. The van der Waals surface area contributed by atoms with Crippen LogP contribution >= 0.6 is 0 Å². The highest BCUT2D eigenvalue weighted by atomic mass is 16.5. The molecule has 0 bridgehead atoms. The van der Waals surface area contributed by atoms with Gasteiger partial charge >= 0.3 is 0 Å². The van der Waals surface area contributed by atoms with Gasteiger partial charge in [-0.15, -0.1) is 0 Å². The van der Waals surface area contributed by atoms with Crippen molar-refractivity contribution in [2.45, 2.75) is 50.3 Å². The van der Waals surface area contributed by atoms with Crippen LogP contribution in [0.1, 0.15) is 48.5 Å². The number of fused-ring (bicyclic) bond motifs is 1. The molecule has 2 fully saturated rings. The summed E-state index contributed by atoms with van der Waals surface area (Å²) in [5.41, 5.74) is 1.07. The van der Waals surface area contributed by atoms with Crippen molar-refractivity contribution in [2.24, 2.45) is 0 Å². The zero-order valence-electron chi connectivity index (χ0n) is 20.0. The summed E-state index contributed by atoms with van der Waals surface area (Å²) in [6, 6.07) is 5.51. The molecule has 11 heteroatoms. The highest BCUT2D eigenvalue weighted by molar-refractivity contribution is 6.00. The molecular weight excluding hydrogens is 450 g/mol. The van der Waals surface area contributed by atoms with Crippen LogP contribution in [0.3, 0.4) is 0 Å². The van der Waals surface area contributed by atoms with E-state index >= 15 is 0 Å². The number of carbonyl (C=O) groups is 1. The first-order valence-corrected chi connectivity index (χ1v) is 12.0. The minimum atomic E-state index is -0.227. The topological polar surface area (TPSA) is 124 Å². The van der Waals surface area contributed by atoms with Gasteiger partial charge in [-0.3, -0.25) is 9.59 Å². The van der Waals surface area contributed by atoms with E-state index in [1.54, 1.807) is 35.4 Å². The second kappa shape index (κ2) is 10.0. The third-order valence-corrected chi connectivity index (χ3v) is 6.85. The van der Waals surface area contributed by atoms with Crippen LogP contribution in [0.4, 0.5) is 17.3 Å². The number of amides is 1. The third-order valence-electron chi connectivity index (χ3n) is 6.85. The number of ether oxygens (including phenoxy) is 2. The molecule has 11 nitrogen and oxygen atoms in total. The van der Waals surface area contributed by atoms with Crippen LogP contribution in [0.5, 0.6) is 0 Å². The first-order chi connectivity index (χ1) is 17.1. The van der Waals surface area contributed by atoms with E-state index in [0.717, 1.165) is 32.1 Å². The lowest BCUT2D eigenvalue weighted by molar-refractivity contribution is 0.0687. The van der Waals surface area contributed by atoms with Crippen LogP contribution in [-0.2, 0) is 9.47 Å². The summed E-state index contributed by atoms with van der Waals surface area (Å²) in [6.45, 7) is 1.30. The Kier molecular flexibility index (Phi) is 6.69. The minimum absolute atomic E-state index is 0.0560. The Bertz CT molecular complexity index is 1260. The fourth-order valence-electron chi connectivity index (χ4n) is 4.91. The number of aromatic nitrogens is 4. The summed E-state index contributed by atoms with van der Waals surface area (Å²) in [6.07, 6.45) is 7.70. The number of anilines is 3. The monoisotopic (exact) mass is 481 g/mol. The quantitative estimate of drug-likeness (QED) is 0.470. The van der Waals surface area contributed by atoms with Crippen LogP contribution < -0.4 is 21.5 Å². The summed E-state index contributed by atoms with van der Waals surface area (Å²) in [5.74, 6) is 0.853. The Morgan fingerprint density at radius 3 is 2.80 bits per heavy atom. The van der Waals surface area contributed by atoms with E-state index in [1.807, 2.05) is 12.3 Å². The molecule has 0 aromatic carbocycles. The van der Waals surface area contributed by atoms with Crippen LogP contribution in [0, 0.1) is 0 Å². The maximum Gasteiger partial charge on any atom is 0.274 e. The molecule has 3 N–H and O–H groups in total. The molecule has 1 aliphatic carbocycles. The number of carbonyl (C=O) groups excluding carboxylic acids is 1. The highest BCUT2D eigenvalue weighted by Crippen LogP contribution is 2.24. The standard InChI is InChI=1S/C24H31N7O4/c1-25-21-13-20(28-19-4-3-9-30(24(19)33)16-7-10-35-11-8-16)29-22-18(14-26-31(21)22)23(32)27-15-5-6-17(12-15)34-2/h3-4,9,13-17,25H,5-8,10-12H2,1-2H3,(H,27,32)(H,28,29)/t15-,17-/m0/s1. The highest BCUT2D eigenvalue weighted by Gasteiger charge is 2.27. The second-order valence-electron chi connectivity index (χ2n) is 9.01. The second-order valence-corrected chi connectivity index (χ2v) is 9.01. The number of nitrogens with one attached hydrogen (secondary N) is 3. The van der Waals surface area contributed by atoms with E-state index < -0.39 is 0 Å². The van der Waals surface area contributed by atoms with Crippen LogP contribution in [0.2, 0.25) is 0 Å². The SMILES string of the molecule is CNc1cc(Nc2cccn(C3CCOCC3)c2=O)nc2c(C(=O)N[C@H]3CC[C@H](OC)C3)cnn12. The Hall–Kier alpha value is -3.44. The predicted octanol–water partition coefficient (Wildman–Crippen LogP) is 2.33. The summed E-state index contributed by atoms with van der Waals surface area (Å²) < 4.78 is 14.2. The number of methoxy groups -OCH3 is 1. The van der Waals surface area contributed by atoms with Crippen molar-refractivity contribution in [3.05, 3.63) is 46.5 Å². The molecule has 1 saturated heterocycles. The van der Waals surface area contributed by atoms with Crippen molar-refractivity contribution in [1.29, 1.82) is 0 Å². The number of nitrogens with zero attached hydrogens (tertiary/aromatic N) is 4. The zero-order chi connectivity index (χ0) is 24.4. The van der Waals surface area contributed by atoms with E-state index in [-0.39, 0.29) is 29.7 Å². The average molecular weight is 482 g/mol. The molecule has 4 heterocycles. The number of pyridine rings is 1. The fourth-order valence-corrected chi connectivity index (χ4v) is 4.91. The first kappa shape index (κ1) is 23.3. The van der Waals surface area contributed by atoms with Gasteiger partial charge in [0.15, 0.2) is 5.65 Å². The molecule has 0 radical (unpaired) electrons. The van der Waals surface area contributed by atoms with Crippen LogP contribution in [-0.4, -0.2) is 64.6 Å². The van der Waals surface area contributed by atoms with Gasteiger partial charge in [0, 0.05) is 51.7 Å². The van der Waals surface area contributed by atoms with E-state index in [0.29, 0.717) is 41.7 Å². The van der Waals surface area contributed by atoms with Gasteiger partial charge in [0.2, 0.25) is 0 Å². The van der Waals surface area contributed by atoms with Gasteiger partial charge in [0.1, 0.15) is 22.9 Å². The van der Waals surface area contributed by atoms with Gasteiger partial charge in [0.25, 0.3) is 11.5 Å². The van der Waals surface area contributed by atoms with Gasteiger partial charge in [-0.25, -0.2) is 4.98 Å². The van der Waals surface area contributed by atoms with Crippen molar-refractivity contribution in [2.75, 3.05) is 38.0 Å². The van der Waals surface area contributed by atoms with Crippen molar-refractivity contribution in [1.82, 2.24) is 24.5 Å². The van der Waals surface area contributed by atoms with E-state index in [4.69, 9.17) is 9.47 Å². The molecule has 2 aliphatic rings. The van der Waals surface area contributed by atoms with Gasteiger partial charge in [-0.2, -0.15) is 9.61 Å². The molecule has 1 aliphatic heterocycles. The van der Waals surface area contributed by atoms with Gasteiger partial charge < -0.3 is 30.0 Å². The lowest BCUT2D eigenvalue weighted by atomic mass is 10.1. The van der Waals surface area contributed by atoms with E-state index in [2.05, 4.69) is 26.0 Å². The Balaban J connectivity index is 1.42. The minimum Gasteiger partial charge on any atom is -0.381 e. The molecule has 35 heavy (non-hydrogen) atoms. The molecule has 3 aromatic heterocycles. The first-order valence-electron chi connectivity index (χ1n) is 12.0. The van der Waals surface area contributed by atoms with Crippen molar-refractivity contribution in [3.63, 3.8) is 0 Å². The molecule has 0 spiro atoms. The Morgan fingerprint density at radius 2 is 2.06 bits per heavy atom. The summed E-state index contributed by atoms with van der Waals surface area (Å²) >= 11 is 0.